The van der Waals surface area contributed by atoms with Crippen molar-refractivity contribution < 1.29 is 14.2 Å². The van der Waals surface area contributed by atoms with Crippen LogP contribution in [0.15, 0.2) is 60.1 Å². The number of fused-ring (bicyclic) bond motifs is 2. The number of benzene rings is 2. The number of nitrogens with zero attached hydrogens (tertiary/aromatic N) is 2. The predicted octanol–water partition coefficient (Wildman–Crippen LogP) is 5.19. The molecule has 0 saturated carbocycles. The Kier molecular flexibility index (Phi) is 4.51. The lowest BCUT2D eigenvalue weighted by atomic mass is 10.0. The monoisotopic (exact) mass is 400 g/mol. The van der Waals surface area contributed by atoms with Gasteiger partial charge in [-0.15, -0.1) is 11.3 Å². The minimum absolute atomic E-state index is 0.351. The zero-order valence-corrected chi connectivity index (χ0v) is 16.2. The van der Waals surface area contributed by atoms with Crippen LogP contribution in [0.5, 0.6) is 16.6 Å². The summed E-state index contributed by atoms with van der Waals surface area (Å²) in [5.41, 5.74) is 4.17. The molecule has 5 rings (SSSR count). The van der Waals surface area contributed by atoms with Crippen molar-refractivity contribution in [3.8, 4) is 33.8 Å². The van der Waals surface area contributed by atoms with E-state index in [4.69, 9.17) is 14.2 Å². The van der Waals surface area contributed by atoms with E-state index in [0.717, 1.165) is 33.3 Å². The second kappa shape index (κ2) is 7.46. The predicted molar refractivity (Wildman–Crippen MR) is 112 cm³/mol. The summed E-state index contributed by atoms with van der Waals surface area (Å²) in [6, 6.07) is 18.0. The molecular weight excluding hydrogens is 384 g/mol. The molecule has 2 aromatic carbocycles. The highest BCUT2D eigenvalue weighted by Gasteiger charge is 2.18. The number of hydrogen-bond acceptors (Lipinski definition) is 6. The first-order valence-electron chi connectivity index (χ1n) is 9.20. The van der Waals surface area contributed by atoms with Gasteiger partial charge in [-0.3, -0.25) is 4.98 Å². The lowest BCUT2D eigenvalue weighted by Gasteiger charge is -2.18. The third kappa shape index (κ3) is 3.26. The summed E-state index contributed by atoms with van der Waals surface area (Å²) in [6.45, 7) is 1.43. The fourth-order valence-corrected chi connectivity index (χ4v) is 4.28. The molecular formula is C23H16N2O3S. The molecule has 0 N–H and O–H groups in total. The van der Waals surface area contributed by atoms with Crippen molar-refractivity contribution in [3.63, 3.8) is 0 Å². The van der Waals surface area contributed by atoms with Gasteiger partial charge in [0.1, 0.15) is 31.5 Å². The second-order valence-corrected chi connectivity index (χ2v) is 7.41. The van der Waals surface area contributed by atoms with E-state index in [-0.39, 0.29) is 0 Å². The van der Waals surface area contributed by atoms with Crippen LogP contribution in [-0.4, -0.2) is 18.2 Å². The first-order chi connectivity index (χ1) is 14.3. The van der Waals surface area contributed by atoms with E-state index in [0.29, 0.717) is 36.2 Å². The number of pyridine rings is 1. The highest BCUT2D eigenvalue weighted by atomic mass is 32.1. The second-order valence-electron chi connectivity index (χ2n) is 6.56. The van der Waals surface area contributed by atoms with E-state index in [1.807, 2.05) is 53.9 Å². The Labute approximate surface area is 171 Å². The zero-order valence-electron chi connectivity index (χ0n) is 15.4. The number of hydrogen-bond donors (Lipinski definition) is 0. The van der Waals surface area contributed by atoms with Gasteiger partial charge in [-0.1, -0.05) is 30.3 Å². The van der Waals surface area contributed by atoms with Crippen molar-refractivity contribution in [2.75, 3.05) is 13.2 Å². The molecule has 2 aromatic heterocycles. The number of para-hydroxylation sites is 1. The van der Waals surface area contributed by atoms with Crippen molar-refractivity contribution in [2.24, 2.45) is 0 Å². The maximum Gasteiger partial charge on any atom is 0.192 e. The maximum atomic E-state index is 9.77. The van der Waals surface area contributed by atoms with Gasteiger partial charge in [0.2, 0.25) is 0 Å². The normalized spacial score (nSPS) is 12.5. The largest absolute Gasteiger partial charge is 0.486 e. The smallest absolute Gasteiger partial charge is 0.192 e. The molecule has 0 aliphatic carbocycles. The Balaban J connectivity index is 1.44. The molecule has 0 atom stereocenters. The zero-order chi connectivity index (χ0) is 19.6. The van der Waals surface area contributed by atoms with Gasteiger partial charge in [0.15, 0.2) is 16.6 Å². The average Bonchev–Trinajstić information content (AvgIpc) is 3.20. The third-order valence-electron chi connectivity index (χ3n) is 4.80. The van der Waals surface area contributed by atoms with Crippen LogP contribution in [0.2, 0.25) is 0 Å². The molecule has 0 spiro atoms. The molecule has 1 aliphatic heterocycles. The number of ether oxygens (including phenoxy) is 3. The van der Waals surface area contributed by atoms with Crippen molar-refractivity contribution in [2.45, 2.75) is 6.61 Å². The van der Waals surface area contributed by atoms with Crippen molar-refractivity contribution >= 4 is 22.2 Å². The number of aromatic nitrogens is 1. The van der Waals surface area contributed by atoms with Gasteiger partial charge in [-0.25, -0.2) is 0 Å². The maximum absolute atomic E-state index is 9.77. The van der Waals surface area contributed by atoms with Crippen molar-refractivity contribution in [1.82, 2.24) is 4.98 Å². The molecule has 0 bridgehead atoms. The van der Waals surface area contributed by atoms with Crippen LogP contribution in [0.3, 0.4) is 0 Å². The van der Waals surface area contributed by atoms with Crippen molar-refractivity contribution in [3.05, 3.63) is 71.2 Å². The fraction of sp³-hybridized carbons (Fsp3) is 0.130. The van der Waals surface area contributed by atoms with Crippen molar-refractivity contribution in [1.29, 1.82) is 5.26 Å². The van der Waals surface area contributed by atoms with E-state index in [9.17, 15) is 5.26 Å². The minimum atomic E-state index is 0.351. The first kappa shape index (κ1) is 17.5. The van der Waals surface area contributed by atoms with Gasteiger partial charge in [-0.05, 0) is 23.8 Å². The summed E-state index contributed by atoms with van der Waals surface area (Å²) < 4.78 is 17.3. The molecule has 6 heteroatoms. The lowest BCUT2D eigenvalue weighted by molar-refractivity contribution is 0.171. The molecule has 0 fully saturated rings. The topological polar surface area (TPSA) is 64.4 Å². The van der Waals surface area contributed by atoms with Crippen LogP contribution < -0.4 is 14.2 Å². The van der Waals surface area contributed by atoms with Crippen LogP contribution in [0.4, 0.5) is 0 Å². The highest BCUT2D eigenvalue weighted by molar-refractivity contribution is 7.12. The van der Waals surface area contributed by atoms with Gasteiger partial charge in [0.05, 0.1) is 5.52 Å². The van der Waals surface area contributed by atoms with E-state index >= 15 is 0 Å². The van der Waals surface area contributed by atoms with Gasteiger partial charge in [0.25, 0.3) is 0 Å². The molecule has 0 unspecified atom stereocenters. The quantitative estimate of drug-likeness (QED) is 0.472. The van der Waals surface area contributed by atoms with Gasteiger partial charge in [-0.2, -0.15) is 5.26 Å². The Bertz CT molecular complexity index is 1240. The molecule has 142 valence electrons. The van der Waals surface area contributed by atoms with Crippen LogP contribution >= 0.6 is 11.3 Å². The lowest BCUT2D eigenvalue weighted by Crippen LogP contribution is -2.15. The number of nitriles is 1. The first-order valence-corrected chi connectivity index (χ1v) is 10.1. The standard InChI is InChI=1S/C23H16N2O3S/c24-12-18-19(16-6-7-20-21(11-16)27-10-9-26-20)14-29-23(18)28-13-17-4-1-3-15-5-2-8-25-22(15)17/h1-8,11,14H,9-10,13H2. The Morgan fingerprint density at radius 3 is 2.83 bits per heavy atom. The third-order valence-corrected chi connectivity index (χ3v) is 5.69. The molecule has 3 heterocycles. The van der Waals surface area contributed by atoms with Gasteiger partial charge < -0.3 is 14.2 Å². The van der Waals surface area contributed by atoms with E-state index in [1.54, 1.807) is 6.20 Å². The summed E-state index contributed by atoms with van der Waals surface area (Å²) in [6.07, 6.45) is 1.78. The van der Waals surface area contributed by atoms with E-state index in [2.05, 4.69) is 11.1 Å². The average molecular weight is 400 g/mol. The van der Waals surface area contributed by atoms with Crippen LogP contribution in [-0.2, 0) is 6.61 Å². The molecule has 29 heavy (non-hydrogen) atoms. The van der Waals surface area contributed by atoms with Gasteiger partial charge >= 0.3 is 0 Å². The molecule has 0 saturated heterocycles. The number of rotatable bonds is 4. The van der Waals surface area contributed by atoms with Crippen LogP contribution in [0.1, 0.15) is 11.1 Å². The summed E-state index contributed by atoms with van der Waals surface area (Å²) in [5, 5.41) is 13.4. The fourth-order valence-electron chi connectivity index (χ4n) is 3.40. The Morgan fingerprint density at radius 2 is 1.93 bits per heavy atom. The summed E-state index contributed by atoms with van der Waals surface area (Å²) in [5.74, 6) is 1.43. The van der Waals surface area contributed by atoms with E-state index < -0.39 is 0 Å². The number of thiophene rings is 1. The highest BCUT2D eigenvalue weighted by Crippen LogP contribution is 2.41. The summed E-state index contributed by atoms with van der Waals surface area (Å²) >= 11 is 1.42. The molecule has 4 aromatic rings. The Hall–Kier alpha value is -3.56. The summed E-state index contributed by atoms with van der Waals surface area (Å²) in [4.78, 5) is 4.46. The van der Waals surface area contributed by atoms with Gasteiger partial charge in [0, 0.05) is 28.1 Å². The molecule has 1 aliphatic rings. The minimum Gasteiger partial charge on any atom is -0.486 e. The SMILES string of the molecule is N#Cc1c(-c2ccc3c(c2)OCCO3)csc1OCc1cccc2cccnc12. The van der Waals surface area contributed by atoms with Crippen LogP contribution in [0, 0.1) is 11.3 Å². The van der Waals surface area contributed by atoms with E-state index in [1.165, 1.54) is 11.3 Å². The summed E-state index contributed by atoms with van der Waals surface area (Å²) in [7, 11) is 0. The van der Waals surface area contributed by atoms with Crippen LogP contribution in [0.25, 0.3) is 22.0 Å². The molecule has 0 radical (unpaired) electrons. The Morgan fingerprint density at radius 1 is 1.07 bits per heavy atom. The molecule has 5 nitrogen and oxygen atoms in total. The molecule has 0 amide bonds.